The lowest BCUT2D eigenvalue weighted by atomic mass is 10.0. The number of hydrogen-bond acceptors (Lipinski definition) is 9. The molecule has 0 fully saturated rings. The van der Waals surface area contributed by atoms with E-state index in [-0.39, 0.29) is 28.0 Å². The highest BCUT2D eigenvalue weighted by atomic mass is 32.1. The van der Waals surface area contributed by atoms with Gasteiger partial charge in [-0.3, -0.25) is 19.5 Å². The van der Waals surface area contributed by atoms with Gasteiger partial charge in [0, 0.05) is 17.0 Å². The van der Waals surface area contributed by atoms with Crippen molar-refractivity contribution in [1.82, 2.24) is 4.57 Å². The quantitative estimate of drug-likeness (QED) is 0.318. The second-order valence-corrected chi connectivity index (χ2v) is 8.79. The van der Waals surface area contributed by atoms with Crippen molar-refractivity contribution >= 4 is 40.4 Å². The zero-order valence-corrected chi connectivity index (χ0v) is 18.6. The number of esters is 1. The third kappa shape index (κ3) is 3.76. The van der Waals surface area contributed by atoms with E-state index in [2.05, 4.69) is 4.99 Å². The van der Waals surface area contributed by atoms with Crippen LogP contribution in [0.1, 0.15) is 30.3 Å². The molecule has 1 aliphatic rings. The van der Waals surface area contributed by atoms with Crippen molar-refractivity contribution in [3.63, 3.8) is 0 Å². The van der Waals surface area contributed by atoms with Gasteiger partial charge in [-0.05, 0) is 36.9 Å². The van der Waals surface area contributed by atoms with Crippen molar-refractivity contribution in [2.24, 2.45) is 4.99 Å². The van der Waals surface area contributed by atoms with E-state index in [0.29, 0.717) is 10.5 Å². The highest BCUT2D eigenvalue weighted by Crippen LogP contribution is 2.33. The standard InChI is InChI=1S/C21H17N3O6S2/c1-3-30-20(27)17-11(2)22-21-23(18(17)15-5-4-8-31-15)19(26)16(32-21)10-12-9-13(24(28)29)6-7-14(12)25/h4-10,18,25H,3H2,1-2H3/p-1/b16-10+/t18-/m0/s1. The fraction of sp³-hybridized carbons (Fsp3) is 0.190. The van der Waals surface area contributed by atoms with Gasteiger partial charge in [-0.15, -0.1) is 17.1 Å². The molecule has 0 bridgehead atoms. The molecule has 0 aliphatic carbocycles. The second-order valence-electron chi connectivity index (χ2n) is 6.80. The van der Waals surface area contributed by atoms with Gasteiger partial charge >= 0.3 is 5.97 Å². The highest BCUT2D eigenvalue weighted by molar-refractivity contribution is 7.10. The fourth-order valence-corrected chi connectivity index (χ4v) is 5.27. The minimum atomic E-state index is -0.718. The Balaban J connectivity index is 1.95. The summed E-state index contributed by atoms with van der Waals surface area (Å²) in [6.45, 7) is 3.55. The Morgan fingerprint density at radius 2 is 2.16 bits per heavy atom. The van der Waals surface area contributed by atoms with Crippen molar-refractivity contribution in [3.8, 4) is 5.75 Å². The summed E-state index contributed by atoms with van der Waals surface area (Å²) in [5.41, 5.74) is 0.0361. The first-order valence-electron chi connectivity index (χ1n) is 9.50. The number of nitrogens with zero attached hydrogens (tertiary/aromatic N) is 3. The number of carbonyl (C=O) groups is 1. The van der Waals surface area contributed by atoms with Crippen LogP contribution in [0.2, 0.25) is 0 Å². The maximum Gasteiger partial charge on any atom is 0.338 e. The van der Waals surface area contributed by atoms with Gasteiger partial charge in [-0.1, -0.05) is 23.5 Å². The molecule has 3 aromatic rings. The van der Waals surface area contributed by atoms with Crippen LogP contribution in [0.25, 0.3) is 6.08 Å². The van der Waals surface area contributed by atoms with Crippen LogP contribution in [0.4, 0.5) is 5.69 Å². The van der Waals surface area contributed by atoms with E-state index in [9.17, 15) is 24.8 Å². The molecular formula is C21H16N3O6S2-. The van der Waals surface area contributed by atoms with E-state index < -0.39 is 28.2 Å². The Labute approximate surface area is 189 Å². The first-order chi connectivity index (χ1) is 15.3. The molecule has 1 atom stereocenters. The molecule has 4 rings (SSSR count). The lowest BCUT2D eigenvalue weighted by molar-refractivity contribution is -0.385. The van der Waals surface area contributed by atoms with Gasteiger partial charge in [-0.2, -0.15) is 0 Å². The maximum atomic E-state index is 13.4. The molecule has 0 unspecified atom stereocenters. The first kappa shape index (κ1) is 21.7. The molecule has 2 aromatic heterocycles. The number of non-ortho nitro benzene ring substituents is 1. The van der Waals surface area contributed by atoms with Crippen molar-refractivity contribution in [3.05, 3.63) is 87.2 Å². The monoisotopic (exact) mass is 470 g/mol. The number of thiazole rings is 1. The van der Waals surface area contributed by atoms with E-state index in [4.69, 9.17) is 4.74 Å². The summed E-state index contributed by atoms with van der Waals surface area (Å²) in [7, 11) is 0. The lowest BCUT2D eigenvalue weighted by Crippen LogP contribution is -2.39. The number of nitro groups is 1. The van der Waals surface area contributed by atoms with Gasteiger partial charge in [0.1, 0.15) is 6.04 Å². The summed E-state index contributed by atoms with van der Waals surface area (Å²) in [6.07, 6.45) is 1.33. The maximum absolute atomic E-state index is 13.4. The molecular weight excluding hydrogens is 454 g/mol. The van der Waals surface area contributed by atoms with Gasteiger partial charge < -0.3 is 9.84 Å². The average Bonchev–Trinajstić information content (AvgIpc) is 3.37. The Morgan fingerprint density at radius 1 is 1.38 bits per heavy atom. The molecule has 9 nitrogen and oxygen atoms in total. The largest absolute Gasteiger partial charge is 0.872 e. The topological polar surface area (TPSA) is 127 Å². The molecule has 11 heteroatoms. The molecule has 0 saturated carbocycles. The van der Waals surface area contributed by atoms with Gasteiger partial charge in [0.05, 0.1) is 27.3 Å². The van der Waals surface area contributed by atoms with E-state index in [1.165, 1.54) is 22.0 Å². The Kier molecular flexibility index (Phi) is 5.76. The van der Waals surface area contributed by atoms with Crippen molar-refractivity contribution in [2.75, 3.05) is 6.61 Å². The van der Waals surface area contributed by atoms with Crippen LogP contribution < -0.4 is 20.0 Å². The number of nitro benzene ring substituents is 1. The molecule has 0 spiro atoms. The van der Waals surface area contributed by atoms with Gasteiger partial charge in [0.2, 0.25) is 0 Å². The number of ether oxygens (including phenoxy) is 1. The summed E-state index contributed by atoms with van der Waals surface area (Å²) in [4.78, 5) is 42.1. The summed E-state index contributed by atoms with van der Waals surface area (Å²) >= 11 is 2.44. The third-order valence-corrected chi connectivity index (χ3v) is 6.73. The normalized spacial score (nSPS) is 15.9. The fourth-order valence-electron chi connectivity index (χ4n) is 3.41. The molecule has 32 heavy (non-hydrogen) atoms. The second kappa shape index (κ2) is 8.52. The van der Waals surface area contributed by atoms with Gasteiger partial charge in [-0.25, -0.2) is 9.79 Å². The molecule has 3 heterocycles. The Hall–Kier alpha value is -3.57. The number of benzene rings is 1. The SMILES string of the molecule is CCOC(=O)C1=C(C)N=c2s/c(=C/c3cc([N+](=O)[O-])ccc3[O-])c(=O)n2[C@H]1c1cccs1. The zero-order valence-electron chi connectivity index (χ0n) is 16.9. The van der Waals surface area contributed by atoms with Gasteiger partial charge in [0.25, 0.3) is 11.2 Å². The van der Waals surface area contributed by atoms with Crippen LogP contribution in [0.5, 0.6) is 5.75 Å². The van der Waals surface area contributed by atoms with Crippen molar-refractivity contribution < 1.29 is 19.6 Å². The summed E-state index contributed by atoms with van der Waals surface area (Å²) in [6, 6.07) is 6.27. The molecule has 1 aliphatic heterocycles. The lowest BCUT2D eigenvalue weighted by Gasteiger charge is -2.23. The van der Waals surface area contributed by atoms with Crippen LogP contribution in [-0.4, -0.2) is 22.1 Å². The highest BCUT2D eigenvalue weighted by Gasteiger charge is 2.33. The Morgan fingerprint density at radius 3 is 2.81 bits per heavy atom. The van der Waals surface area contributed by atoms with Crippen LogP contribution in [0.15, 0.2) is 56.8 Å². The van der Waals surface area contributed by atoms with Crippen LogP contribution in [0.3, 0.4) is 0 Å². The number of hydrogen-bond donors (Lipinski definition) is 0. The van der Waals surface area contributed by atoms with Crippen LogP contribution in [0, 0.1) is 10.1 Å². The average molecular weight is 471 g/mol. The Bertz CT molecular complexity index is 1430. The number of carbonyl (C=O) groups excluding carboxylic acids is 1. The van der Waals surface area contributed by atoms with Crippen molar-refractivity contribution in [1.29, 1.82) is 0 Å². The number of thiophene rings is 1. The summed E-state index contributed by atoms with van der Waals surface area (Å²) in [5, 5.41) is 25.1. The van der Waals surface area contributed by atoms with Gasteiger partial charge in [0.15, 0.2) is 4.80 Å². The van der Waals surface area contributed by atoms with E-state index in [1.807, 2.05) is 17.5 Å². The van der Waals surface area contributed by atoms with Crippen LogP contribution in [-0.2, 0) is 9.53 Å². The smallest absolute Gasteiger partial charge is 0.338 e. The number of fused-ring (bicyclic) bond motifs is 1. The van der Waals surface area contributed by atoms with E-state index in [1.54, 1.807) is 13.8 Å². The van der Waals surface area contributed by atoms with E-state index >= 15 is 0 Å². The molecule has 1 aromatic carbocycles. The van der Waals surface area contributed by atoms with E-state index in [0.717, 1.165) is 34.4 Å². The summed E-state index contributed by atoms with van der Waals surface area (Å²) in [5.74, 6) is -0.999. The zero-order chi connectivity index (χ0) is 23.0. The predicted octanol–water partition coefficient (Wildman–Crippen LogP) is 1.84. The molecule has 0 N–H and O–H groups in total. The molecule has 0 amide bonds. The first-order valence-corrected chi connectivity index (χ1v) is 11.2. The summed E-state index contributed by atoms with van der Waals surface area (Å²) < 4.78 is 6.80. The number of rotatable bonds is 5. The molecule has 164 valence electrons. The van der Waals surface area contributed by atoms with Crippen LogP contribution >= 0.6 is 22.7 Å². The molecule has 0 radical (unpaired) electrons. The predicted molar refractivity (Wildman–Crippen MR) is 117 cm³/mol. The molecule has 0 saturated heterocycles. The number of aromatic nitrogens is 1. The minimum Gasteiger partial charge on any atom is -0.872 e. The number of allylic oxidation sites excluding steroid dienone is 1. The third-order valence-electron chi connectivity index (χ3n) is 4.82. The van der Waals surface area contributed by atoms with Crippen molar-refractivity contribution in [2.45, 2.75) is 19.9 Å². The minimum absolute atomic E-state index is 0.0264.